The molecule has 2 atom stereocenters. The third-order valence-electron chi connectivity index (χ3n) is 6.79. The first-order valence-electron chi connectivity index (χ1n) is 10.6. The van der Waals surface area contributed by atoms with E-state index in [1.165, 1.54) is 0 Å². The molecule has 0 amide bonds. The van der Waals surface area contributed by atoms with Gasteiger partial charge < -0.3 is 4.74 Å². The third kappa shape index (κ3) is 6.21. The van der Waals surface area contributed by atoms with Crippen molar-refractivity contribution in [3.8, 4) is 0 Å². The first-order chi connectivity index (χ1) is 13.5. The monoisotopic (exact) mass is 434 g/mol. The predicted molar refractivity (Wildman–Crippen MR) is 91.8 cm³/mol. The highest BCUT2D eigenvalue weighted by molar-refractivity contribution is 4.94. The highest BCUT2D eigenvalue weighted by Gasteiger charge is 2.56. The van der Waals surface area contributed by atoms with E-state index in [4.69, 9.17) is 4.74 Å². The fourth-order valence-electron chi connectivity index (χ4n) is 5.36. The molecular weight excluding hydrogens is 405 g/mol. The molecule has 3 aliphatic carbocycles. The van der Waals surface area contributed by atoms with Crippen LogP contribution in [-0.4, -0.2) is 37.0 Å². The van der Waals surface area contributed by atoms with Crippen LogP contribution >= 0.6 is 0 Å². The molecule has 0 aromatic rings. The van der Waals surface area contributed by atoms with E-state index < -0.39 is 42.9 Å². The van der Waals surface area contributed by atoms with E-state index in [0.29, 0.717) is 0 Å². The lowest BCUT2D eigenvalue weighted by Crippen LogP contribution is -2.50. The summed E-state index contributed by atoms with van der Waals surface area (Å²) in [5, 5.41) is 0. The van der Waals surface area contributed by atoms with Crippen molar-refractivity contribution < 1.29 is 40.2 Å². The van der Waals surface area contributed by atoms with E-state index in [1.807, 2.05) is 0 Å². The molecule has 2 nitrogen and oxygen atoms in total. The Morgan fingerprint density at radius 1 is 0.586 bits per heavy atom. The Morgan fingerprint density at radius 2 is 1.07 bits per heavy atom. The van der Waals surface area contributed by atoms with Crippen LogP contribution in [0.25, 0.3) is 0 Å². The summed E-state index contributed by atoms with van der Waals surface area (Å²) >= 11 is 0. The van der Waals surface area contributed by atoms with Crippen LogP contribution < -0.4 is 0 Å². The first-order valence-corrected chi connectivity index (χ1v) is 10.6. The zero-order valence-electron chi connectivity index (χ0n) is 16.3. The maximum Gasteiger partial charge on any atom is 0.522 e. The molecular formula is C20H29F7O2. The Bertz CT molecular complexity index is 501. The second kappa shape index (κ2) is 9.28. The molecule has 0 N–H and O–H groups in total. The predicted octanol–water partition coefficient (Wildman–Crippen LogP) is 6.73. The zero-order valence-corrected chi connectivity index (χ0v) is 16.3. The van der Waals surface area contributed by atoms with E-state index in [9.17, 15) is 30.7 Å². The van der Waals surface area contributed by atoms with Crippen LogP contribution in [0, 0.1) is 17.8 Å². The van der Waals surface area contributed by atoms with Gasteiger partial charge in [0, 0.05) is 0 Å². The van der Waals surface area contributed by atoms with Crippen molar-refractivity contribution in [2.45, 2.75) is 108 Å². The lowest BCUT2D eigenvalue weighted by atomic mass is 9.69. The lowest BCUT2D eigenvalue weighted by Gasteiger charge is -2.42. The minimum atomic E-state index is -4.78. The van der Waals surface area contributed by atoms with Crippen LogP contribution in [0.3, 0.4) is 0 Å². The van der Waals surface area contributed by atoms with Gasteiger partial charge in [0.1, 0.15) is 18.3 Å². The summed E-state index contributed by atoms with van der Waals surface area (Å²) in [6.07, 6.45) is -10.5. The van der Waals surface area contributed by atoms with E-state index in [1.54, 1.807) is 0 Å². The Morgan fingerprint density at radius 3 is 1.55 bits per heavy atom. The van der Waals surface area contributed by atoms with Crippen molar-refractivity contribution in [1.82, 2.24) is 0 Å². The Balaban J connectivity index is 1.52. The SMILES string of the molecule is FC1CC(C2CCCCC2)CC(F)C1C(F)(F)OC1CCC(OC(F)(F)F)CC1. The standard InChI is InChI=1S/C20H29F7O2/c21-16-10-13(12-4-2-1-3-5-12)11-17(22)18(16)19(23,24)28-14-6-8-15(9-7-14)29-20(25,26)27/h12-18H,1-11H2. The topological polar surface area (TPSA) is 18.5 Å². The van der Waals surface area contributed by atoms with Gasteiger partial charge in [-0.2, -0.15) is 8.78 Å². The average Bonchev–Trinajstić information content (AvgIpc) is 2.62. The molecule has 2 unspecified atom stereocenters. The zero-order chi connectivity index (χ0) is 21.2. The molecule has 0 aromatic carbocycles. The maximum atomic E-state index is 14.7. The van der Waals surface area contributed by atoms with Gasteiger partial charge in [-0.25, -0.2) is 8.78 Å². The molecule has 0 aromatic heterocycles. The summed E-state index contributed by atoms with van der Waals surface area (Å²) in [7, 11) is 0. The molecule has 170 valence electrons. The number of hydrogen-bond donors (Lipinski definition) is 0. The molecule has 0 saturated heterocycles. The van der Waals surface area contributed by atoms with Crippen molar-refractivity contribution in [2.24, 2.45) is 17.8 Å². The summed E-state index contributed by atoms with van der Waals surface area (Å²) in [5.74, 6) is -2.19. The van der Waals surface area contributed by atoms with Crippen LogP contribution in [0.2, 0.25) is 0 Å². The Labute approximate surface area is 166 Å². The molecule has 0 aliphatic heterocycles. The van der Waals surface area contributed by atoms with E-state index in [2.05, 4.69) is 4.74 Å². The number of rotatable bonds is 5. The van der Waals surface area contributed by atoms with Crippen LogP contribution in [-0.2, 0) is 9.47 Å². The molecule has 9 heteroatoms. The first kappa shape index (κ1) is 23.1. The summed E-state index contributed by atoms with van der Waals surface area (Å²) in [5.41, 5.74) is 0. The molecule has 3 rings (SSSR count). The second-order valence-electron chi connectivity index (χ2n) is 8.83. The number of hydrogen-bond acceptors (Lipinski definition) is 2. The van der Waals surface area contributed by atoms with E-state index in [-0.39, 0.29) is 50.4 Å². The Kier molecular flexibility index (Phi) is 7.40. The average molecular weight is 434 g/mol. The van der Waals surface area contributed by atoms with Crippen LogP contribution in [0.4, 0.5) is 30.7 Å². The summed E-state index contributed by atoms with van der Waals surface area (Å²) in [6.45, 7) is 0. The number of halogens is 7. The highest BCUT2D eigenvalue weighted by atomic mass is 19.4. The van der Waals surface area contributed by atoms with Gasteiger partial charge in [0.2, 0.25) is 0 Å². The van der Waals surface area contributed by atoms with Gasteiger partial charge in [0.25, 0.3) is 0 Å². The van der Waals surface area contributed by atoms with Gasteiger partial charge in [0.05, 0.1) is 12.2 Å². The lowest BCUT2D eigenvalue weighted by molar-refractivity contribution is -0.352. The second-order valence-corrected chi connectivity index (χ2v) is 8.83. The van der Waals surface area contributed by atoms with Gasteiger partial charge in [-0.05, 0) is 50.4 Å². The third-order valence-corrected chi connectivity index (χ3v) is 6.79. The van der Waals surface area contributed by atoms with Crippen LogP contribution in [0.15, 0.2) is 0 Å². The minimum Gasteiger partial charge on any atom is -0.317 e. The van der Waals surface area contributed by atoms with Crippen molar-refractivity contribution in [3.63, 3.8) is 0 Å². The van der Waals surface area contributed by atoms with Crippen molar-refractivity contribution in [1.29, 1.82) is 0 Å². The van der Waals surface area contributed by atoms with Gasteiger partial charge in [-0.15, -0.1) is 13.2 Å². The smallest absolute Gasteiger partial charge is 0.317 e. The highest BCUT2D eigenvalue weighted by Crippen LogP contribution is 2.48. The molecule has 0 radical (unpaired) electrons. The van der Waals surface area contributed by atoms with Crippen LogP contribution in [0.5, 0.6) is 0 Å². The molecule has 0 spiro atoms. The minimum absolute atomic E-state index is 0.0678. The van der Waals surface area contributed by atoms with Gasteiger partial charge in [0.15, 0.2) is 0 Å². The molecule has 29 heavy (non-hydrogen) atoms. The number of alkyl halides is 7. The fraction of sp³-hybridized carbons (Fsp3) is 1.00. The van der Waals surface area contributed by atoms with Crippen molar-refractivity contribution >= 4 is 0 Å². The summed E-state index contributed by atoms with van der Waals surface area (Å²) in [6, 6.07) is 0. The van der Waals surface area contributed by atoms with Crippen molar-refractivity contribution in [3.05, 3.63) is 0 Å². The Hall–Kier alpha value is -0.570. The molecule has 3 aliphatic rings. The largest absolute Gasteiger partial charge is 0.522 e. The molecule has 3 fully saturated rings. The van der Waals surface area contributed by atoms with Gasteiger partial charge in [-0.3, -0.25) is 4.74 Å². The van der Waals surface area contributed by atoms with Crippen molar-refractivity contribution in [2.75, 3.05) is 0 Å². The molecule has 0 heterocycles. The van der Waals surface area contributed by atoms with Gasteiger partial charge >= 0.3 is 12.5 Å². The summed E-state index contributed by atoms with van der Waals surface area (Å²) < 4.78 is 104. The molecule has 0 bridgehead atoms. The van der Waals surface area contributed by atoms with Crippen LogP contribution in [0.1, 0.15) is 70.6 Å². The van der Waals surface area contributed by atoms with Gasteiger partial charge in [-0.1, -0.05) is 32.1 Å². The fourth-order valence-corrected chi connectivity index (χ4v) is 5.36. The van der Waals surface area contributed by atoms with E-state index in [0.717, 1.165) is 32.1 Å². The number of ether oxygens (including phenoxy) is 2. The molecule has 3 saturated carbocycles. The van der Waals surface area contributed by atoms with E-state index >= 15 is 0 Å². The maximum absolute atomic E-state index is 14.7. The normalized spacial score (nSPS) is 38.2. The summed E-state index contributed by atoms with van der Waals surface area (Å²) in [4.78, 5) is 0. The quantitative estimate of drug-likeness (QED) is 0.447.